The minimum absolute atomic E-state index is 0.195. The molecule has 0 radical (unpaired) electrons. The van der Waals surface area contributed by atoms with Crippen LogP contribution in [0.15, 0.2) is 91.3 Å². The molecule has 0 saturated carbocycles. The van der Waals surface area contributed by atoms with Gasteiger partial charge in [0.15, 0.2) is 0 Å². The van der Waals surface area contributed by atoms with Crippen molar-refractivity contribution in [3.8, 4) is 6.07 Å². The van der Waals surface area contributed by atoms with Gasteiger partial charge in [-0.25, -0.2) is 0 Å². The van der Waals surface area contributed by atoms with Crippen molar-refractivity contribution in [2.75, 3.05) is 6.61 Å². The molecule has 0 unspecified atom stereocenters. The average Bonchev–Trinajstić information content (AvgIpc) is 3.61. The van der Waals surface area contributed by atoms with Crippen LogP contribution in [-0.4, -0.2) is 38.6 Å². The normalized spacial score (nSPS) is 17.8. The van der Waals surface area contributed by atoms with E-state index in [1.807, 2.05) is 91.3 Å². The molecule has 2 amide bonds. The van der Waals surface area contributed by atoms with E-state index >= 15 is 0 Å². The number of benzene rings is 3. The van der Waals surface area contributed by atoms with E-state index in [1.165, 1.54) is 4.90 Å². The maximum atomic E-state index is 14.3. The van der Waals surface area contributed by atoms with Gasteiger partial charge in [0.25, 0.3) is 11.8 Å². The zero-order chi connectivity index (χ0) is 27.2. The molecule has 40 heavy (non-hydrogen) atoms. The van der Waals surface area contributed by atoms with Crippen LogP contribution in [0, 0.1) is 11.3 Å². The molecule has 2 aliphatic rings. The Bertz CT molecular complexity index is 1870. The first-order valence-corrected chi connectivity index (χ1v) is 13.5. The molecule has 0 N–H and O–H groups in total. The molecule has 4 bridgehead atoms. The number of hydrogen-bond donors (Lipinski definition) is 0. The molecule has 0 saturated heterocycles. The number of hydrogen-bond acceptors (Lipinski definition) is 4. The van der Waals surface area contributed by atoms with Crippen LogP contribution < -0.4 is 0 Å². The molecule has 196 valence electrons. The number of fused-ring (bicyclic) bond motifs is 12. The van der Waals surface area contributed by atoms with Gasteiger partial charge in [0.1, 0.15) is 6.10 Å². The summed E-state index contributed by atoms with van der Waals surface area (Å²) in [4.78, 5) is 29.9. The van der Waals surface area contributed by atoms with E-state index in [9.17, 15) is 14.9 Å². The van der Waals surface area contributed by atoms with Crippen LogP contribution in [0.25, 0.3) is 33.0 Å². The number of amides is 2. The summed E-state index contributed by atoms with van der Waals surface area (Å²) in [6, 6.07) is 27.7. The molecule has 2 aliphatic heterocycles. The van der Waals surface area contributed by atoms with Crippen LogP contribution in [0.4, 0.5) is 0 Å². The van der Waals surface area contributed by atoms with Gasteiger partial charge in [0.05, 0.1) is 30.4 Å². The van der Waals surface area contributed by atoms with Crippen molar-refractivity contribution in [1.29, 1.82) is 5.26 Å². The van der Waals surface area contributed by atoms with E-state index in [2.05, 4.69) is 15.2 Å². The summed E-state index contributed by atoms with van der Waals surface area (Å²) >= 11 is 0. The Labute approximate surface area is 231 Å². The monoisotopic (exact) mass is 526 g/mol. The fourth-order valence-electron chi connectivity index (χ4n) is 5.98. The lowest BCUT2D eigenvalue weighted by molar-refractivity contribution is -0.136. The number of imide groups is 1. The third-order valence-electron chi connectivity index (χ3n) is 7.89. The number of rotatable bonds is 2. The first-order valence-electron chi connectivity index (χ1n) is 13.5. The Hall–Kier alpha value is -4.93. The number of nitriles is 1. The Kier molecular flexibility index (Phi) is 5.84. The van der Waals surface area contributed by atoms with Crippen LogP contribution in [-0.2, 0) is 34.0 Å². The molecule has 0 aliphatic carbocycles. The molecule has 7 heteroatoms. The van der Waals surface area contributed by atoms with Gasteiger partial charge < -0.3 is 13.9 Å². The summed E-state index contributed by atoms with van der Waals surface area (Å²) in [7, 11) is 0. The minimum Gasteiger partial charge on any atom is -0.361 e. The average molecular weight is 527 g/mol. The molecule has 2 aromatic heterocycles. The van der Waals surface area contributed by atoms with Crippen molar-refractivity contribution in [3.63, 3.8) is 0 Å². The fourth-order valence-corrected chi connectivity index (χ4v) is 5.98. The van der Waals surface area contributed by atoms with Crippen molar-refractivity contribution in [2.24, 2.45) is 0 Å². The van der Waals surface area contributed by atoms with Crippen molar-refractivity contribution >= 4 is 44.8 Å². The molecule has 1 atom stereocenters. The van der Waals surface area contributed by atoms with Crippen molar-refractivity contribution in [1.82, 2.24) is 14.0 Å². The summed E-state index contributed by atoms with van der Waals surface area (Å²) in [5.74, 6) is -0.592. The van der Waals surface area contributed by atoms with E-state index in [1.54, 1.807) is 0 Å². The van der Waals surface area contributed by atoms with E-state index < -0.39 is 6.10 Å². The topological polar surface area (TPSA) is 80.3 Å². The van der Waals surface area contributed by atoms with E-state index in [0.717, 1.165) is 38.5 Å². The maximum absolute atomic E-state index is 14.3. The lowest BCUT2D eigenvalue weighted by Crippen LogP contribution is -2.30. The Morgan fingerprint density at radius 3 is 1.90 bits per heavy atom. The van der Waals surface area contributed by atoms with E-state index in [-0.39, 0.29) is 18.4 Å². The van der Waals surface area contributed by atoms with Gasteiger partial charge in [-0.05, 0) is 17.7 Å². The highest BCUT2D eigenvalue weighted by atomic mass is 16.5. The molecule has 7 rings (SSSR count). The predicted octanol–water partition coefficient (Wildman–Crippen LogP) is 5.39. The Morgan fingerprint density at radius 2 is 1.30 bits per heavy atom. The Morgan fingerprint density at radius 1 is 0.750 bits per heavy atom. The second-order valence-electron chi connectivity index (χ2n) is 10.2. The lowest BCUT2D eigenvalue weighted by Gasteiger charge is -2.15. The van der Waals surface area contributed by atoms with Gasteiger partial charge in [0.2, 0.25) is 0 Å². The summed E-state index contributed by atoms with van der Waals surface area (Å²) in [5, 5.41) is 11.5. The second-order valence-corrected chi connectivity index (χ2v) is 10.2. The molecule has 3 aromatic carbocycles. The first kappa shape index (κ1) is 24.1. The molecule has 7 nitrogen and oxygen atoms in total. The number of carbonyl (C=O) groups is 2. The van der Waals surface area contributed by atoms with Gasteiger partial charge in [-0.3, -0.25) is 14.5 Å². The van der Waals surface area contributed by atoms with Crippen LogP contribution in [0.1, 0.15) is 23.1 Å². The molecule has 4 heterocycles. The van der Waals surface area contributed by atoms with Crippen molar-refractivity contribution in [3.05, 3.63) is 108 Å². The number of para-hydroxylation sites is 2. The quantitative estimate of drug-likeness (QED) is 0.289. The van der Waals surface area contributed by atoms with Gasteiger partial charge >= 0.3 is 0 Å². The van der Waals surface area contributed by atoms with Gasteiger partial charge in [-0.1, -0.05) is 66.7 Å². The summed E-state index contributed by atoms with van der Waals surface area (Å²) in [6.07, 6.45) is 3.86. The molecule has 5 aromatic rings. The number of aryl methyl sites for hydroxylation is 1. The SMILES string of the molecule is N#C[C@H]1CCn2cc(c3ccccc32)C2=C(C(=O)N(Cc3ccccc3)C2=O)c2cn(c3ccccc23)CCO1. The molecule has 0 spiro atoms. The van der Waals surface area contributed by atoms with Crippen molar-refractivity contribution in [2.45, 2.75) is 32.2 Å². The van der Waals surface area contributed by atoms with Crippen LogP contribution >= 0.6 is 0 Å². The molecule has 0 fully saturated rings. The number of nitrogens with zero attached hydrogens (tertiary/aromatic N) is 4. The summed E-state index contributed by atoms with van der Waals surface area (Å²) in [5.41, 5.74) is 5.07. The number of carbonyl (C=O) groups excluding carboxylic acids is 2. The van der Waals surface area contributed by atoms with E-state index in [4.69, 9.17) is 4.74 Å². The molecular weight excluding hydrogens is 500 g/mol. The highest BCUT2D eigenvalue weighted by Gasteiger charge is 2.41. The summed E-state index contributed by atoms with van der Waals surface area (Å²) < 4.78 is 10.1. The zero-order valence-electron chi connectivity index (χ0n) is 21.8. The largest absolute Gasteiger partial charge is 0.361 e. The van der Waals surface area contributed by atoms with E-state index in [0.29, 0.717) is 37.3 Å². The fraction of sp³-hybridized carbons (Fsp3) is 0.182. The smallest absolute Gasteiger partial charge is 0.262 e. The predicted molar refractivity (Wildman–Crippen MR) is 153 cm³/mol. The maximum Gasteiger partial charge on any atom is 0.262 e. The lowest BCUT2D eigenvalue weighted by atomic mass is 9.95. The van der Waals surface area contributed by atoms with Gasteiger partial charge in [0, 0.05) is 64.8 Å². The highest BCUT2D eigenvalue weighted by Crippen LogP contribution is 2.42. The summed E-state index contributed by atoms with van der Waals surface area (Å²) in [6.45, 7) is 1.61. The van der Waals surface area contributed by atoms with Crippen LogP contribution in [0.2, 0.25) is 0 Å². The first-order chi connectivity index (χ1) is 19.6. The van der Waals surface area contributed by atoms with Crippen molar-refractivity contribution < 1.29 is 14.3 Å². The van der Waals surface area contributed by atoms with Crippen LogP contribution in [0.5, 0.6) is 0 Å². The Balaban J connectivity index is 1.50. The van der Waals surface area contributed by atoms with Crippen LogP contribution in [0.3, 0.4) is 0 Å². The second kappa shape index (κ2) is 9.67. The zero-order valence-corrected chi connectivity index (χ0v) is 21.8. The highest BCUT2D eigenvalue weighted by molar-refractivity contribution is 6.50. The van der Waals surface area contributed by atoms with Gasteiger partial charge in [-0.15, -0.1) is 0 Å². The minimum atomic E-state index is -0.556. The van der Waals surface area contributed by atoms with Gasteiger partial charge in [-0.2, -0.15) is 5.26 Å². The third kappa shape index (κ3) is 3.84. The standard InChI is InChI=1S/C33H26N4O3/c34-18-23-14-15-35-20-26(24-10-4-6-12-28(24)35)30-31(33(39)37(32(30)38)19-22-8-2-1-3-9-22)27-21-36(16-17-40-23)29-13-7-5-11-25(27)29/h1-13,20-21,23H,14-17,19H2/t23-/m1/s1. The number of aromatic nitrogens is 2. The third-order valence-corrected chi connectivity index (χ3v) is 7.89. The molecular formula is C33H26N4O3. The number of ether oxygens (including phenoxy) is 1.